The Kier molecular flexibility index (Phi) is 7.00. The highest BCUT2D eigenvalue weighted by atomic mass is 79.9. The normalized spacial score (nSPS) is 13.7. The second-order valence-corrected chi connectivity index (χ2v) is 10.3. The number of aryl methyl sites for hydroxylation is 1. The lowest BCUT2D eigenvalue weighted by molar-refractivity contribution is 0.0700. The second-order valence-electron chi connectivity index (χ2n) is 9.49. The highest BCUT2D eigenvalue weighted by molar-refractivity contribution is 9.10. The highest BCUT2D eigenvalue weighted by Crippen LogP contribution is 2.33. The summed E-state index contributed by atoms with van der Waals surface area (Å²) in [6.45, 7) is 1.81. The third kappa shape index (κ3) is 4.94. The van der Waals surface area contributed by atoms with Gasteiger partial charge in [0.05, 0.1) is 5.71 Å². The summed E-state index contributed by atoms with van der Waals surface area (Å²) >= 11 is 3.51. The van der Waals surface area contributed by atoms with Crippen LogP contribution in [-0.4, -0.2) is 22.6 Å². The van der Waals surface area contributed by atoms with Crippen molar-refractivity contribution in [3.8, 4) is 16.9 Å². The lowest BCUT2D eigenvalue weighted by Crippen LogP contribution is -2.22. The molecule has 6 rings (SSSR count). The molecule has 0 radical (unpaired) electrons. The Morgan fingerprint density at radius 1 is 0.950 bits per heavy atom. The van der Waals surface area contributed by atoms with Crippen LogP contribution in [0.1, 0.15) is 50.6 Å². The van der Waals surface area contributed by atoms with E-state index in [1.54, 1.807) is 24.4 Å². The van der Waals surface area contributed by atoms with Gasteiger partial charge in [0.2, 0.25) is 5.76 Å². The molecule has 0 saturated heterocycles. The largest absolute Gasteiger partial charge is 0.453 e. The molecule has 5 aromatic rings. The van der Waals surface area contributed by atoms with E-state index in [1.165, 1.54) is 0 Å². The van der Waals surface area contributed by atoms with Gasteiger partial charge in [-0.25, -0.2) is 10.2 Å². The predicted octanol–water partition coefficient (Wildman–Crippen LogP) is 7.26. The Hall–Kier alpha value is -4.56. The fourth-order valence-electron chi connectivity index (χ4n) is 4.94. The number of fused-ring (bicyclic) bond motifs is 2. The van der Waals surface area contributed by atoms with E-state index in [-0.39, 0.29) is 11.7 Å². The average molecular weight is 594 g/mol. The Balaban J connectivity index is 1.21. The van der Waals surface area contributed by atoms with Crippen molar-refractivity contribution in [3.63, 3.8) is 0 Å². The number of nitrogens with one attached hydrogen (secondary N) is 1. The van der Waals surface area contributed by atoms with Crippen LogP contribution in [0.2, 0.25) is 0 Å². The average Bonchev–Trinajstić information content (AvgIpc) is 3.35. The van der Waals surface area contributed by atoms with Gasteiger partial charge in [0, 0.05) is 39.2 Å². The number of amides is 1. The number of rotatable bonds is 5. The molecule has 0 unspecified atom stereocenters. The molecule has 0 atom stereocenters. The molecule has 2 aromatic heterocycles. The maximum Gasteiger partial charge on any atom is 0.380 e. The van der Waals surface area contributed by atoms with E-state index in [2.05, 4.69) is 31.4 Å². The molecule has 0 spiro atoms. The quantitative estimate of drug-likeness (QED) is 0.131. The molecule has 8 heteroatoms. The maximum atomic E-state index is 13.2. The number of carbonyl (C=O) groups is 2. The lowest BCUT2D eigenvalue weighted by Gasteiger charge is -2.13. The third-order valence-electron chi connectivity index (χ3n) is 6.94. The molecule has 1 aliphatic rings. The molecule has 1 aliphatic carbocycles. The number of hydrazone groups is 1. The van der Waals surface area contributed by atoms with Crippen LogP contribution in [0.4, 0.5) is 0 Å². The van der Waals surface area contributed by atoms with Crippen LogP contribution in [0.5, 0.6) is 5.75 Å². The van der Waals surface area contributed by atoms with Gasteiger partial charge in [0.25, 0.3) is 5.91 Å². The topological polar surface area (TPSA) is 93.8 Å². The van der Waals surface area contributed by atoms with Gasteiger partial charge in [-0.15, -0.1) is 0 Å². The van der Waals surface area contributed by atoms with Gasteiger partial charge in [0.15, 0.2) is 5.75 Å². The summed E-state index contributed by atoms with van der Waals surface area (Å²) in [4.78, 5) is 30.4. The van der Waals surface area contributed by atoms with E-state index in [0.717, 1.165) is 33.0 Å². The van der Waals surface area contributed by atoms with Crippen LogP contribution in [-0.2, 0) is 6.42 Å². The van der Waals surface area contributed by atoms with Crippen molar-refractivity contribution in [1.82, 2.24) is 10.4 Å². The molecule has 0 bridgehead atoms. The van der Waals surface area contributed by atoms with E-state index < -0.39 is 5.97 Å². The van der Waals surface area contributed by atoms with Crippen molar-refractivity contribution in [3.05, 3.63) is 118 Å². The van der Waals surface area contributed by atoms with Crippen LogP contribution in [0, 0.1) is 6.92 Å². The first kappa shape index (κ1) is 25.7. The van der Waals surface area contributed by atoms with Crippen LogP contribution in [0.3, 0.4) is 0 Å². The fraction of sp³-hybridized carbons (Fsp3) is 0.125. The number of furan rings is 1. The molecule has 7 nitrogen and oxygen atoms in total. The number of hydrogen-bond donors (Lipinski definition) is 1. The number of ether oxygens (including phenoxy) is 1. The van der Waals surface area contributed by atoms with Gasteiger partial charge >= 0.3 is 5.97 Å². The van der Waals surface area contributed by atoms with E-state index in [9.17, 15) is 9.59 Å². The van der Waals surface area contributed by atoms with Crippen molar-refractivity contribution < 1.29 is 18.7 Å². The van der Waals surface area contributed by atoms with Gasteiger partial charge in [0.1, 0.15) is 11.3 Å². The van der Waals surface area contributed by atoms with Crippen LogP contribution in [0.15, 0.2) is 99.1 Å². The van der Waals surface area contributed by atoms with Gasteiger partial charge in [-0.3, -0.25) is 9.78 Å². The molecule has 1 N–H and O–H groups in total. The lowest BCUT2D eigenvalue weighted by atomic mass is 9.93. The number of pyridine rings is 1. The molecule has 3 aromatic carbocycles. The molecular weight excluding hydrogens is 570 g/mol. The molecule has 1 amide bonds. The number of aromatic nitrogens is 1. The summed E-state index contributed by atoms with van der Waals surface area (Å²) in [6, 6.07) is 24.6. The van der Waals surface area contributed by atoms with E-state index in [4.69, 9.17) is 9.15 Å². The van der Waals surface area contributed by atoms with Gasteiger partial charge in [-0.05, 0) is 61.2 Å². The smallest absolute Gasteiger partial charge is 0.380 e. The number of hydrogen-bond acceptors (Lipinski definition) is 6. The van der Waals surface area contributed by atoms with Crippen molar-refractivity contribution in [1.29, 1.82) is 0 Å². The van der Waals surface area contributed by atoms with Gasteiger partial charge < -0.3 is 9.15 Å². The highest BCUT2D eigenvalue weighted by Gasteiger charge is 2.29. The van der Waals surface area contributed by atoms with E-state index in [1.807, 2.05) is 67.6 Å². The first-order valence-electron chi connectivity index (χ1n) is 12.9. The summed E-state index contributed by atoms with van der Waals surface area (Å²) in [6.07, 6.45) is 3.75. The molecule has 0 aliphatic heterocycles. The molecular formula is C32H24BrN3O4. The standard InChI is InChI=1S/C32H24BrN3O4/c1-19-28-25(35-36-31(37)22-14-12-21(13-15-22)20-7-3-2-4-8-20)10-5-11-26(28)39-30(19)32(38)40-27-17-16-24(33)23-9-6-18-34-29(23)27/h2-4,6-9,12-18H,5,10-11H2,1H3,(H,36,37)/b35-25+. The Morgan fingerprint density at radius 3 is 2.52 bits per heavy atom. The van der Waals surface area contributed by atoms with Gasteiger partial charge in [-0.1, -0.05) is 64.5 Å². The summed E-state index contributed by atoms with van der Waals surface area (Å²) in [5.41, 5.74) is 7.92. The second kappa shape index (κ2) is 10.9. The first-order chi connectivity index (χ1) is 19.5. The number of carbonyl (C=O) groups excluding carboxylic acids is 2. The number of nitrogens with zero attached hydrogens (tertiary/aromatic N) is 2. The van der Waals surface area contributed by atoms with Crippen molar-refractivity contribution in [2.75, 3.05) is 0 Å². The van der Waals surface area contributed by atoms with Crippen LogP contribution in [0.25, 0.3) is 22.0 Å². The zero-order valence-electron chi connectivity index (χ0n) is 21.6. The summed E-state index contributed by atoms with van der Waals surface area (Å²) in [5, 5.41) is 5.28. The summed E-state index contributed by atoms with van der Waals surface area (Å²) in [7, 11) is 0. The SMILES string of the molecule is Cc1c(C(=O)Oc2ccc(Br)c3cccnc23)oc2c1/C(=N/NC(=O)c1ccc(-c3ccccc3)cc1)CCC2. The van der Waals surface area contributed by atoms with Gasteiger partial charge in [-0.2, -0.15) is 5.10 Å². The molecule has 2 heterocycles. The van der Waals surface area contributed by atoms with Crippen molar-refractivity contribution >= 4 is 44.4 Å². The predicted molar refractivity (Wildman–Crippen MR) is 157 cm³/mol. The minimum Gasteiger partial charge on any atom is -0.453 e. The Bertz CT molecular complexity index is 1780. The van der Waals surface area contributed by atoms with Crippen LogP contribution < -0.4 is 10.2 Å². The minimum absolute atomic E-state index is 0.120. The molecule has 0 saturated carbocycles. The number of esters is 1. The van der Waals surface area contributed by atoms with E-state index in [0.29, 0.717) is 46.7 Å². The summed E-state index contributed by atoms with van der Waals surface area (Å²) in [5.74, 6) is 0.207. The molecule has 0 fully saturated rings. The number of halogens is 1. The Morgan fingerprint density at radius 2 is 1.73 bits per heavy atom. The maximum absolute atomic E-state index is 13.2. The summed E-state index contributed by atoms with van der Waals surface area (Å²) < 4.78 is 12.6. The first-order valence-corrected chi connectivity index (χ1v) is 13.7. The monoisotopic (exact) mass is 593 g/mol. The zero-order chi connectivity index (χ0) is 27.6. The van der Waals surface area contributed by atoms with E-state index >= 15 is 0 Å². The molecule has 40 heavy (non-hydrogen) atoms. The van der Waals surface area contributed by atoms with Crippen molar-refractivity contribution in [2.24, 2.45) is 5.10 Å². The molecule has 198 valence electrons. The Labute approximate surface area is 239 Å². The fourth-order valence-corrected chi connectivity index (χ4v) is 5.39. The number of benzene rings is 3. The minimum atomic E-state index is -0.608. The van der Waals surface area contributed by atoms with Crippen molar-refractivity contribution in [2.45, 2.75) is 26.2 Å². The third-order valence-corrected chi connectivity index (χ3v) is 7.63. The van der Waals surface area contributed by atoms with Crippen LogP contribution >= 0.6 is 15.9 Å². The zero-order valence-corrected chi connectivity index (χ0v) is 23.2.